The molecule has 1 amide bonds. The third kappa shape index (κ3) is 5.45. The summed E-state index contributed by atoms with van der Waals surface area (Å²) in [6.45, 7) is 7.50. The maximum absolute atomic E-state index is 13.5. The number of aryl methyl sites for hydroxylation is 1. The van der Waals surface area contributed by atoms with Crippen molar-refractivity contribution in [2.24, 2.45) is 0 Å². The Balaban J connectivity index is 1.48. The third-order valence-electron chi connectivity index (χ3n) is 6.23. The molecule has 6 heteroatoms. The number of hydrogen-bond acceptors (Lipinski definition) is 5. The number of piperazine rings is 1. The Hall–Kier alpha value is -2.41. The molecule has 2 aliphatic rings. The second kappa shape index (κ2) is 10.3. The summed E-state index contributed by atoms with van der Waals surface area (Å²) in [6, 6.07) is 15.6. The van der Waals surface area contributed by atoms with E-state index in [9.17, 15) is 4.79 Å². The van der Waals surface area contributed by atoms with E-state index in [0.29, 0.717) is 17.5 Å². The van der Waals surface area contributed by atoms with Gasteiger partial charge in [0.25, 0.3) is 0 Å². The van der Waals surface area contributed by atoms with Gasteiger partial charge in [-0.2, -0.15) is 0 Å². The van der Waals surface area contributed by atoms with Gasteiger partial charge in [-0.25, -0.2) is 0 Å². The number of nitrogens with one attached hydrogen (secondary N) is 1. The van der Waals surface area contributed by atoms with Gasteiger partial charge >= 0.3 is 0 Å². The molecule has 2 aromatic carbocycles. The topological polar surface area (TPSA) is 54.0 Å². The molecule has 2 fully saturated rings. The predicted octanol–water partition coefficient (Wildman–Crippen LogP) is 3.48. The fourth-order valence-corrected chi connectivity index (χ4v) is 4.56. The zero-order chi connectivity index (χ0) is 21.6. The van der Waals surface area contributed by atoms with E-state index in [1.165, 1.54) is 6.42 Å². The van der Waals surface area contributed by atoms with E-state index in [0.717, 1.165) is 56.9 Å². The average molecular weight is 424 g/mol. The SMILES string of the molecule is COc1ccc(C)cc1NC(=O)C(c1ccccc1)N1CCN(CC2CCCO2)CC1. The maximum atomic E-state index is 13.5. The Bertz CT molecular complexity index is 860. The Morgan fingerprint density at radius 2 is 1.94 bits per heavy atom. The van der Waals surface area contributed by atoms with Crippen LogP contribution in [-0.2, 0) is 9.53 Å². The zero-order valence-electron chi connectivity index (χ0n) is 18.5. The average Bonchev–Trinajstić information content (AvgIpc) is 3.29. The van der Waals surface area contributed by atoms with E-state index in [-0.39, 0.29) is 11.9 Å². The first-order chi connectivity index (χ1) is 15.1. The molecule has 0 bridgehead atoms. The van der Waals surface area contributed by atoms with Crippen molar-refractivity contribution >= 4 is 11.6 Å². The number of carbonyl (C=O) groups is 1. The molecule has 2 unspecified atom stereocenters. The van der Waals surface area contributed by atoms with Crippen molar-refractivity contribution in [3.63, 3.8) is 0 Å². The number of benzene rings is 2. The molecule has 4 rings (SSSR count). The summed E-state index contributed by atoms with van der Waals surface area (Å²) in [4.78, 5) is 18.3. The van der Waals surface area contributed by atoms with Gasteiger partial charge in [0.15, 0.2) is 0 Å². The predicted molar refractivity (Wildman–Crippen MR) is 123 cm³/mol. The summed E-state index contributed by atoms with van der Waals surface area (Å²) in [7, 11) is 1.63. The van der Waals surface area contributed by atoms with Gasteiger partial charge in [-0.15, -0.1) is 0 Å². The summed E-state index contributed by atoms with van der Waals surface area (Å²) in [6.07, 6.45) is 2.70. The van der Waals surface area contributed by atoms with Crippen LogP contribution in [0.5, 0.6) is 5.75 Å². The van der Waals surface area contributed by atoms with Gasteiger partial charge in [0.05, 0.1) is 18.9 Å². The van der Waals surface area contributed by atoms with Crippen LogP contribution in [0.2, 0.25) is 0 Å². The van der Waals surface area contributed by atoms with Crippen molar-refractivity contribution in [2.75, 3.05) is 51.8 Å². The van der Waals surface area contributed by atoms with Crippen LogP contribution in [-0.4, -0.2) is 68.3 Å². The van der Waals surface area contributed by atoms with Crippen LogP contribution in [0.25, 0.3) is 0 Å². The molecular weight excluding hydrogens is 390 g/mol. The molecule has 2 saturated heterocycles. The van der Waals surface area contributed by atoms with Crippen molar-refractivity contribution in [2.45, 2.75) is 31.9 Å². The normalized spacial score (nSPS) is 21.0. The van der Waals surface area contributed by atoms with Gasteiger partial charge < -0.3 is 14.8 Å². The first kappa shape index (κ1) is 21.8. The van der Waals surface area contributed by atoms with Crippen LogP contribution >= 0.6 is 0 Å². The number of carbonyl (C=O) groups excluding carboxylic acids is 1. The van der Waals surface area contributed by atoms with E-state index in [1.807, 2.05) is 55.5 Å². The standard InChI is InChI=1S/C25H33N3O3/c1-19-10-11-23(30-2)22(17-19)26-25(29)24(20-7-4-3-5-8-20)28-14-12-27(13-15-28)18-21-9-6-16-31-21/h3-5,7-8,10-11,17,21,24H,6,9,12-16,18H2,1-2H3,(H,26,29). The number of rotatable bonds is 7. The first-order valence-electron chi connectivity index (χ1n) is 11.2. The number of methoxy groups -OCH3 is 1. The molecule has 0 saturated carbocycles. The molecule has 2 heterocycles. The van der Waals surface area contributed by atoms with E-state index < -0.39 is 0 Å². The summed E-state index contributed by atoms with van der Waals surface area (Å²) in [5.74, 6) is 0.648. The molecular formula is C25H33N3O3. The number of amides is 1. The van der Waals surface area contributed by atoms with Gasteiger partial charge in [-0.3, -0.25) is 14.6 Å². The minimum atomic E-state index is -0.337. The minimum Gasteiger partial charge on any atom is -0.495 e. The third-order valence-corrected chi connectivity index (χ3v) is 6.23. The summed E-state index contributed by atoms with van der Waals surface area (Å²) < 4.78 is 11.3. The molecule has 0 aliphatic carbocycles. The highest BCUT2D eigenvalue weighted by atomic mass is 16.5. The van der Waals surface area contributed by atoms with Gasteiger partial charge in [-0.1, -0.05) is 36.4 Å². The largest absolute Gasteiger partial charge is 0.495 e. The van der Waals surface area contributed by atoms with Crippen LogP contribution in [0.1, 0.15) is 30.0 Å². The summed E-state index contributed by atoms with van der Waals surface area (Å²) in [5, 5.41) is 3.13. The lowest BCUT2D eigenvalue weighted by Gasteiger charge is -2.39. The first-order valence-corrected chi connectivity index (χ1v) is 11.2. The number of hydrogen-bond donors (Lipinski definition) is 1. The van der Waals surface area contributed by atoms with Crippen molar-refractivity contribution < 1.29 is 14.3 Å². The van der Waals surface area contributed by atoms with Gasteiger partial charge in [0.2, 0.25) is 5.91 Å². The Kier molecular flexibility index (Phi) is 7.22. The lowest BCUT2D eigenvalue weighted by molar-refractivity contribution is -0.122. The lowest BCUT2D eigenvalue weighted by Crippen LogP contribution is -2.51. The highest BCUT2D eigenvalue weighted by Gasteiger charge is 2.32. The Morgan fingerprint density at radius 1 is 1.16 bits per heavy atom. The van der Waals surface area contributed by atoms with Crippen LogP contribution in [0, 0.1) is 6.92 Å². The molecule has 6 nitrogen and oxygen atoms in total. The molecule has 31 heavy (non-hydrogen) atoms. The van der Waals surface area contributed by atoms with Crippen molar-refractivity contribution in [3.8, 4) is 5.75 Å². The molecule has 2 aromatic rings. The molecule has 0 radical (unpaired) electrons. The lowest BCUT2D eigenvalue weighted by atomic mass is 10.0. The molecule has 2 atom stereocenters. The fourth-order valence-electron chi connectivity index (χ4n) is 4.56. The second-order valence-electron chi connectivity index (χ2n) is 8.48. The maximum Gasteiger partial charge on any atom is 0.246 e. The monoisotopic (exact) mass is 423 g/mol. The van der Waals surface area contributed by atoms with Gasteiger partial charge in [-0.05, 0) is 43.0 Å². The zero-order valence-corrected chi connectivity index (χ0v) is 18.5. The van der Waals surface area contributed by atoms with E-state index in [1.54, 1.807) is 7.11 Å². The van der Waals surface area contributed by atoms with E-state index in [2.05, 4.69) is 15.1 Å². The van der Waals surface area contributed by atoms with Gasteiger partial charge in [0, 0.05) is 39.3 Å². The van der Waals surface area contributed by atoms with E-state index in [4.69, 9.17) is 9.47 Å². The quantitative estimate of drug-likeness (QED) is 0.739. The molecule has 2 aliphatic heterocycles. The van der Waals surface area contributed by atoms with Crippen LogP contribution < -0.4 is 10.1 Å². The van der Waals surface area contributed by atoms with Crippen LogP contribution in [0.4, 0.5) is 5.69 Å². The highest BCUT2D eigenvalue weighted by Crippen LogP contribution is 2.29. The van der Waals surface area contributed by atoms with Gasteiger partial charge in [0.1, 0.15) is 11.8 Å². The smallest absolute Gasteiger partial charge is 0.246 e. The van der Waals surface area contributed by atoms with Crippen LogP contribution in [0.15, 0.2) is 48.5 Å². The summed E-state index contributed by atoms with van der Waals surface area (Å²) >= 11 is 0. The Morgan fingerprint density at radius 3 is 2.61 bits per heavy atom. The van der Waals surface area contributed by atoms with Crippen molar-refractivity contribution in [3.05, 3.63) is 59.7 Å². The van der Waals surface area contributed by atoms with E-state index >= 15 is 0 Å². The summed E-state index contributed by atoms with van der Waals surface area (Å²) in [5.41, 5.74) is 2.81. The minimum absolute atomic E-state index is 0.0253. The van der Waals surface area contributed by atoms with Crippen molar-refractivity contribution in [1.29, 1.82) is 0 Å². The molecule has 0 spiro atoms. The molecule has 1 N–H and O–H groups in total. The highest BCUT2D eigenvalue weighted by molar-refractivity contribution is 5.96. The number of nitrogens with zero attached hydrogens (tertiary/aromatic N) is 2. The second-order valence-corrected chi connectivity index (χ2v) is 8.48. The number of ether oxygens (including phenoxy) is 2. The fraction of sp³-hybridized carbons (Fsp3) is 0.480. The number of anilines is 1. The molecule has 0 aromatic heterocycles. The Labute approximate surface area is 185 Å². The molecule has 166 valence electrons. The van der Waals surface area contributed by atoms with Crippen molar-refractivity contribution in [1.82, 2.24) is 9.80 Å². The van der Waals surface area contributed by atoms with Crippen LogP contribution in [0.3, 0.4) is 0 Å².